The van der Waals surface area contributed by atoms with Gasteiger partial charge in [-0.15, -0.1) is 0 Å². The number of ether oxygens (including phenoxy) is 2. The van der Waals surface area contributed by atoms with Gasteiger partial charge in [0.2, 0.25) is 5.88 Å². The Morgan fingerprint density at radius 3 is 2.89 bits per heavy atom. The van der Waals surface area contributed by atoms with E-state index in [1.165, 1.54) is 0 Å². The molecule has 1 saturated carbocycles. The van der Waals surface area contributed by atoms with Crippen molar-refractivity contribution in [2.45, 2.75) is 38.3 Å². The SMILES string of the molecule is CCCOc1nc(NC2CC(OC)C2)ccc1N. The fourth-order valence-corrected chi connectivity index (χ4v) is 1.93. The van der Waals surface area contributed by atoms with Crippen LogP contribution >= 0.6 is 0 Å². The number of nitrogens with zero attached hydrogens (tertiary/aromatic N) is 1. The van der Waals surface area contributed by atoms with Crippen molar-refractivity contribution in [1.82, 2.24) is 4.98 Å². The second-order valence-corrected chi connectivity index (χ2v) is 4.61. The van der Waals surface area contributed by atoms with Crippen molar-refractivity contribution >= 4 is 11.5 Å². The normalized spacial score (nSPS) is 22.3. The van der Waals surface area contributed by atoms with Crippen LogP contribution < -0.4 is 15.8 Å². The molecule has 1 heterocycles. The molecule has 0 spiro atoms. The molecule has 100 valence electrons. The maximum Gasteiger partial charge on any atom is 0.239 e. The first-order valence-electron chi connectivity index (χ1n) is 6.41. The Labute approximate surface area is 108 Å². The summed E-state index contributed by atoms with van der Waals surface area (Å²) in [6.45, 7) is 2.69. The Balaban J connectivity index is 1.92. The summed E-state index contributed by atoms with van der Waals surface area (Å²) in [5, 5.41) is 3.36. The number of methoxy groups -OCH3 is 1. The average molecular weight is 251 g/mol. The van der Waals surface area contributed by atoms with Crippen LogP contribution in [0.3, 0.4) is 0 Å². The molecule has 18 heavy (non-hydrogen) atoms. The van der Waals surface area contributed by atoms with Crippen molar-refractivity contribution in [2.24, 2.45) is 0 Å². The molecule has 0 aromatic carbocycles. The molecule has 5 heteroatoms. The summed E-state index contributed by atoms with van der Waals surface area (Å²) in [4.78, 5) is 4.38. The monoisotopic (exact) mass is 251 g/mol. The highest BCUT2D eigenvalue weighted by molar-refractivity contribution is 5.54. The Kier molecular flexibility index (Phi) is 4.25. The van der Waals surface area contributed by atoms with Crippen molar-refractivity contribution in [2.75, 3.05) is 24.8 Å². The van der Waals surface area contributed by atoms with E-state index in [2.05, 4.69) is 17.2 Å². The second kappa shape index (κ2) is 5.91. The van der Waals surface area contributed by atoms with E-state index in [4.69, 9.17) is 15.2 Å². The first kappa shape index (κ1) is 13.0. The first-order chi connectivity index (χ1) is 8.72. The molecule has 1 fully saturated rings. The second-order valence-electron chi connectivity index (χ2n) is 4.61. The number of nitrogens with two attached hydrogens (primary N) is 1. The zero-order chi connectivity index (χ0) is 13.0. The first-order valence-corrected chi connectivity index (χ1v) is 6.41. The van der Waals surface area contributed by atoms with Gasteiger partial charge in [-0.25, -0.2) is 0 Å². The van der Waals surface area contributed by atoms with Crippen LogP contribution in [0.2, 0.25) is 0 Å². The predicted octanol–water partition coefficient (Wildman–Crippen LogP) is 2.04. The molecule has 1 aliphatic rings. The van der Waals surface area contributed by atoms with Crippen LogP contribution in [0, 0.1) is 0 Å². The highest BCUT2D eigenvalue weighted by Gasteiger charge is 2.29. The van der Waals surface area contributed by atoms with E-state index in [-0.39, 0.29) is 0 Å². The van der Waals surface area contributed by atoms with Gasteiger partial charge in [-0.1, -0.05) is 6.92 Å². The standard InChI is InChI=1S/C13H21N3O2/c1-3-6-18-13-11(14)4-5-12(16-13)15-9-7-10(8-9)17-2/h4-5,9-10H,3,6-8,14H2,1-2H3,(H,15,16). The number of rotatable bonds is 6. The van der Waals surface area contributed by atoms with Crippen LogP contribution in [0.1, 0.15) is 26.2 Å². The van der Waals surface area contributed by atoms with Crippen molar-refractivity contribution in [1.29, 1.82) is 0 Å². The van der Waals surface area contributed by atoms with Gasteiger partial charge in [0.05, 0.1) is 18.4 Å². The molecule has 2 rings (SSSR count). The Morgan fingerprint density at radius 1 is 1.44 bits per heavy atom. The third-order valence-corrected chi connectivity index (χ3v) is 3.11. The number of nitrogens with one attached hydrogen (secondary N) is 1. The molecule has 0 atom stereocenters. The summed E-state index contributed by atoms with van der Waals surface area (Å²) < 4.78 is 10.7. The van der Waals surface area contributed by atoms with E-state index in [9.17, 15) is 0 Å². The summed E-state index contributed by atoms with van der Waals surface area (Å²) in [7, 11) is 1.75. The fraction of sp³-hybridized carbons (Fsp3) is 0.615. The smallest absolute Gasteiger partial charge is 0.239 e. The summed E-state index contributed by atoms with van der Waals surface area (Å²) >= 11 is 0. The topological polar surface area (TPSA) is 69.4 Å². The largest absolute Gasteiger partial charge is 0.476 e. The van der Waals surface area contributed by atoms with Gasteiger partial charge in [-0.2, -0.15) is 4.98 Å². The van der Waals surface area contributed by atoms with Crippen molar-refractivity contribution in [3.05, 3.63) is 12.1 Å². The summed E-state index contributed by atoms with van der Waals surface area (Å²) in [6.07, 6.45) is 3.37. The third kappa shape index (κ3) is 3.04. The van der Waals surface area contributed by atoms with Gasteiger partial charge in [-0.05, 0) is 31.4 Å². The van der Waals surface area contributed by atoms with Crippen molar-refractivity contribution in [3.8, 4) is 5.88 Å². The highest BCUT2D eigenvalue weighted by Crippen LogP contribution is 2.27. The molecule has 0 unspecified atom stereocenters. The number of anilines is 2. The molecule has 1 aromatic rings. The van der Waals surface area contributed by atoms with E-state index in [0.29, 0.717) is 30.3 Å². The van der Waals surface area contributed by atoms with E-state index in [1.54, 1.807) is 7.11 Å². The number of nitrogen functional groups attached to an aromatic ring is 1. The minimum atomic E-state index is 0.382. The fourth-order valence-electron chi connectivity index (χ4n) is 1.93. The number of hydrogen-bond donors (Lipinski definition) is 2. The van der Waals surface area contributed by atoms with E-state index < -0.39 is 0 Å². The lowest BCUT2D eigenvalue weighted by molar-refractivity contribution is 0.0328. The van der Waals surface area contributed by atoms with Gasteiger partial charge in [-0.3, -0.25) is 0 Å². The predicted molar refractivity (Wildman–Crippen MR) is 71.9 cm³/mol. The molecule has 0 saturated heterocycles. The van der Waals surface area contributed by atoms with Gasteiger partial charge < -0.3 is 20.5 Å². The Morgan fingerprint density at radius 2 is 2.22 bits per heavy atom. The average Bonchev–Trinajstić information content (AvgIpc) is 2.33. The minimum absolute atomic E-state index is 0.382. The molecule has 1 aliphatic carbocycles. The van der Waals surface area contributed by atoms with E-state index in [1.807, 2.05) is 12.1 Å². The van der Waals surface area contributed by atoms with Crippen LogP contribution in [0.5, 0.6) is 5.88 Å². The lowest BCUT2D eigenvalue weighted by Gasteiger charge is -2.34. The maximum atomic E-state index is 5.82. The van der Waals surface area contributed by atoms with Crippen molar-refractivity contribution < 1.29 is 9.47 Å². The molecule has 0 aliphatic heterocycles. The Hall–Kier alpha value is -1.49. The molecular weight excluding hydrogens is 230 g/mol. The van der Waals surface area contributed by atoms with E-state index in [0.717, 1.165) is 25.1 Å². The summed E-state index contributed by atoms with van der Waals surface area (Å²) in [5.74, 6) is 1.33. The minimum Gasteiger partial charge on any atom is -0.476 e. The Bertz CT molecular complexity index is 392. The molecule has 1 aromatic heterocycles. The molecule has 0 bridgehead atoms. The van der Waals surface area contributed by atoms with Gasteiger partial charge in [0.15, 0.2) is 0 Å². The zero-order valence-electron chi connectivity index (χ0n) is 11.0. The third-order valence-electron chi connectivity index (χ3n) is 3.11. The maximum absolute atomic E-state index is 5.82. The van der Waals surface area contributed by atoms with Gasteiger partial charge in [0.1, 0.15) is 5.82 Å². The van der Waals surface area contributed by atoms with Gasteiger partial charge >= 0.3 is 0 Å². The van der Waals surface area contributed by atoms with Crippen LogP contribution in [0.15, 0.2) is 12.1 Å². The van der Waals surface area contributed by atoms with Crippen LogP contribution in [-0.2, 0) is 4.74 Å². The lowest BCUT2D eigenvalue weighted by Crippen LogP contribution is -2.40. The number of hydrogen-bond acceptors (Lipinski definition) is 5. The van der Waals surface area contributed by atoms with E-state index >= 15 is 0 Å². The highest BCUT2D eigenvalue weighted by atomic mass is 16.5. The van der Waals surface area contributed by atoms with Crippen molar-refractivity contribution in [3.63, 3.8) is 0 Å². The van der Waals surface area contributed by atoms with Gasteiger partial charge in [0.25, 0.3) is 0 Å². The molecule has 5 nitrogen and oxygen atoms in total. The molecular formula is C13H21N3O2. The van der Waals surface area contributed by atoms with Crippen LogP contribution in [0.4, 0.5) is 11.5 Å². The quantitative estimate of drug-likeness (QED) is 0.809. The van der Waals surface area contributed by atoms with Crippen LogP contribution in [-0.4, -0.2) is 30.8 Å². The molecule has 0 radical (unpaired) electrons. The lowest BCUT2D eigenvalue weighted by atomic mass is 9.89. The molecule has 3 N–H and O–H groups in total. The number of aromatic nitrogens is 1. The zero-order valence-corrected chi connectivity index (χ0v) is 11.0. The number of pyridine rings is 1. The van der Waals surface area contributed by atoms with Crippen LogP contribution in [0.25, 0.3) is 0 Å². The molecule has 0 amide bonds. The summed E-state index contributed by atoms with van der Waals surface area (Å²) in [6, 6.07) is 4.14. The summed E-state index contributed by atoms with van der Waals surface area (Å²) in [5.41, 5.74) is 6.40. The van der Waals surface area contributed by atoms with Gasteiger partial charge in [0, 0.05) is 13.2 Å².